The van der Waals surface area contributed by atoms with E-state index in [1.807, 2.05) is 35.2 Å². The lowest BCUT2D eigenvalue weighted by Gasteiger charge is -2.44. The first kappa shape index (κ1) is 25.9. The molecule has 2 saturated heterocycles. The van der Waals surface area contributed by atoms with Crippen molar-refractivity contribution in [1.82, 2.24) is 19.6 Å². The Morgan fingerprint density at radius 1 is 1.00 bits per heavy atom. The summed E-state index contributed by atoms with van der Waals surface area (Å²) in [5.74, 6) is 0.488. The molecule has 2 aliphatic heterocycles. The molecule has 190 valence electrons. The van der Waals surface area contributed by atoms with Gasteiger partial charge in [0.15, 0.2) is 6.61 Å². The number of ether oxygens (including phenoxy) is 1. The van der Waals surface area contributed by atoms with Crippen molar-refractivity contribution in [3.05, 3.63) is 64.4 Å². The van der Waals surface area contributed by atoms with Crippen LogP contribution in [0.5, 0.6) is 5.75 Å². The van der Waals surface area contributed by atoms with Crippen molar-refractivity contribution in [2.75, 3.05) is 52.9 Å². The smallest absolute Gasteiger partial charge is 0.260 e. The van der Waals surface area contributed by atoms with Crippen molar-refractivity contribution in [2.45, 2.75) is 39.0 Å². The number of likely N-dealkylation sites (N-methyl/N-ethyl adjacent to an activating group) is 1. The molecule has 2 aromatic rings. The molecular weight excluding hydrogens is 467 g/mol. The predicted molar refractivity (Wildman–Crippen MR) is 137 cm³/mol. The van der Waals surface area contributed by atoms with Gasteiger partial charge in [-0.1, -0.05) is 23.7 Å². The number of hydrogen-bond donors (Lipinski definition) is 0. The fourth-order valence-electron chi connectivity index (χ4n) is 4.87. The van der Waals surface area contributed by atoms with Gasteiger partial charge in [0, 0.05) is 75.0 Å². The Balaban J connectivity index is 1.33. The number of carbonyl (C=O) groups is 1. The Hall–Kier alpha value is -2.19. The molecule has 8 heteroatoms. The van der Waals surface area contributed by atoms with Gasteiger partial charge in [-0.15, -0.1) is 0 Å². The predicted octanol–water partition coefficient (Wildman–Crippen LogP) is 3.73. The van der Waals surface area contributed by atoms with Crippen LogP contribution in [0.15, 0.2) is 42.5 Å². The summed E-state index contributed by atoms with van der Waals surface area (Å²) in [6.07, 6.45) is 0. The summed E-state index contributed by atoms with van der Waals surface area (Å²) in [4.78, 5) is 22.1. The maximum Gasteiger partial charge on any atom is 0.260 e. The van der Waals surface area contributed by atoms with E-state index in [2.05, 4.69) is 35.6 Å². The van der Waals surface area contributed by atoms with Gasteiger partial charge in [-0.2, -0.15) is 0 Å². The molecule has 0 N–H and O–H groups in total. The van der Waals surface area contributed by atoms with E-state index in [9.17, 15) is 9.18 Å². The second kappa shape index (κ2) is 11.7. The van der Waals surface area contributed by atoms with Crippen LogP contribution in [0.1, 0.15) is 25.0 Å². The van der Waals surface area contributed by atoms with Crippen molar-refractivity contribution in [1.29, 1.82) is 0 Å². The van der Waals surface area contributed by atoms with Crippen LogP contribution in [0, 0.1) is 5.82 Å². The standard InChI is InChI=1S/C27H36ClFN4O2/c1-20-16-33(21(2)15-32(20)17-22-4-7-25(29)8-5-22)27(34)19-35-26-9-6-24(28)14-23(26)18-31-12-10-30(3)11-13-31/h4-9,14,20-21H,10-13,15-19H2,1-3H3. The molecule has 2 atom stereocenters. The first-order valence-electron chi connectivity index (χ1n) is 12.4. The van der Waals surface area contributed by atoms with Crippen LogP contribution < -0.4 is 4.74 Å². The van der Waals surface area contributed by atoms with Gasteiger partial charge in [-0.3, -0.25) is 14.6 Å². The van der Waals surface area contributed by atoms with Gasteiger partial charge in [0.05, 0.1) is 0 Å². The van der Waals surface area contributed by atoms with Crippen molar-refractivity contribution < 1.29 is 13.9 Å². The second-order valence-electron chi connectivity index (χ2n) is 9.92. The Bertz CT molecular complexity index is 997. The lowest BCUT2D eigenvalue weighted by Crippen LogP contribution is -2.58. The number of amides is 1. The number of hydrogen-bond acceptors (Lipinski definition) is 5. The molecule has 0 aromatic heterocycles. The average Bonchev–Trinajstić information content (AvgIpc) is 2.83. The van der Waals surface area contributed by atoms with E-state index in [-0.39, 0.29) is 30.4 Å². The van der Waals surface area contributed by atoms with Gasteiger partial charge in [-0.25, -0.2) is 4.39 Å². The molecule has 6 nitrogen and oxygen atoms in total. The molecule has 2 fully saturated rings. The quantitative estimate of drug-likeness (QED) is 0.577. The summed E-state index contributed by atoms with van der Waals surface area (Å²) in [5.41, 5.74) is 2.09. The van der Waals surface area contributed by atoms with E-state index in [4.69, 9.17) is 16.3 Å². The van der Waals surface area contributed by atoms with Crippen molar-refractivity contribution in [3.63, 3.8) is 0 Å². The number of nitrogens with zero attached hydrogens (tertiary/aromatic N) is 4. The molecule has 2 unspecified atom stereocenters. The lowest BCUT2D eigenvalue weighted by molar-refractivity contribution is -0.139. The lowest BCUT2D eigenvalue weighted by atomic mass is 10.1. The van der Waals surface area contributed by atoms with Gasteiger partial charge in [-0.05, 0) is 56.8 Å². The first-order valence-corrected chi connectivity index (χ1v) is 12.8. The molecule has 35 heavy (non-hydrogen) atoms. The zero-order valence-electron chi connectivity index (χ0n) is 20.9. The highest BCUT2D eigenvalue weighted by Gasteiger charge is 2.32. The number of halogens is 2. The topological polar surface area (TPSA) is 39.3 Å². The monoisotopic (exact) mass is 502 g/mol. The van der Waals surface area contributed by atoms with Crippen molar-refractivity contribution in [3.8, 4) is 5.75 Å². The van der Waals surface area contributed by atoms with Crippen LogP contribution >= 0.6 is 11.6 Å². The summed E-state index contributed by atoms with van der Waals surface area (Å²) in [5, 5.41) is 0.674. The summed E-state index contributed by atoms with van der Waals surface area (Å²) in [7, 11) is 2.14. The van der Waals surface area contributed by atoms with E-state index in [0.29, 0.717) is 11.6 Å². The molecule has 0 radical (unpaired) electrons. The van der Waals surface area contributed by atoms with Gasteiger partial charge in [0.25, 0.3) is 5.91 Å². The Labute approximate surface area is 213 Å². The van der Waals surface area contributed by atoms with Crippen LogP contribution in [0.2, 0.25) is 5.02 Å². The van der Waals surface area contributed by atoms with Crippen LogP contribution in [0.3, 0.4) is 0 Å². The Morgan fingerprint density at radius 3 is 2.43 bits per heavy atom. The molecule has 0 aliphatic carbocycles. The van der Waals surface area contributed by atoms with Gasteiger partial charge in [0.2, 0.25) is 0 Å². The second-order valence-corrected chi connectivity index (χ2v) is 10.4. The third-order valence-corrected chi connectivity index (χ3v) is 7.33. The summed E-state index contributed by atoms with van der Waals surface area (Å²) in [6.45, 7) is 11.2. The maximum atomic E-state index is 13.2. The van der Waals surface area contributed by atoms with E-state index in [0.717, 1.165) is 62.7 Å². The normalized spacial score (nSPS) is 22.4. The van der Waals surface area contributed by atoms with E-state index < -0.39 is 0 Å². The highest BCUT2D eigenvalue weighted by Crippen LogP contribution is 2.26. The minimum Gasteiger partial charge on any atom is -0.483 e. The molecule has 4 rings (SSSR count). The first-order chi connectivity index (χ1) is 16.8. The van der Waals surface area contributed by atoms with Crippen molar-refractivity contribution >= 4 is 17.5 Å². The molecule has 0 saturated carbocycles. The largest absolute Gasteiger partial charge is 0.483 e. The van der Waals surface area contributed by atoms with Gasteiger partial charge >= 0.3 is 0 Å². The van der Waals surface area contributed by atoms with Crippen LogP contribution in [0.4, 0.5) is 4.39 Å². The summed E-state index contributed by atoms with van der Waals surface area (Å²) in [6, 6.07) is 12.5. The molecule has 1 amide bonds. The number of carbonyl (C=O) groups excluding carboxylic acids is 1. The number of piperazine rings is 2. The van der Waals surface area contributed by atoms with Crippen LogP contribution in [-0.4, -0.2) is 90.5 Å². The van der Waals surface area contributed by atoms with Gasteiger partial charge < -0.3 is 14.5 Å². The highest BCUT2D eigenvalue weighted by molar-refractivity contribution is 6.30. The summed E-state index contributed by atoms with van der Waals surface area (Å²) < 4.78 is 19.3. The third kappa shape index (κ3) is 6.94. The molecule has 2 aliphatic rings. The minimum absolute atomic E-state index is 0.00634. The fraction of sp³-hybridized carbons (Fsp3) is 0.519. The molecule has 2 aromatic carbocycles. The van der Waals surface area contributed by atoms with Crippen molar-refractivity contribution in [2.24, 2.45) is 0 Å². The molecular formula is C27H36ClFN4O2. The zero-order valence-corrected chi connectivity index (χ0v) is 21.7. The van der Waals surface area contributed by atoms with Crippen LogP contribution in [-0.2, 0) is 17.9 Å². The maximum absolute atomic E-state index is 13.2. The average molecular weight is 503 g/mol. The summed E-state index contributed by atoms with van der Waals surface area (Å²) >= 11 is 6.28. The Kier molecular flexibility index (Phi) is 8.65. The van der Waals surface area contributed by atoms with E-state index in [1.165, 1.54) is 12.1 Å². The Morgan fingerprint density at radius 2 is 1.71 bits per heavy atom. The van der Waals surface area contributed by atoms with E-state index in [1.54, 1.807) is 0 Å². The van der Waals surface area contributed by atoms with Gasteiger partial charge in [0.1, 0.15) is 11.6 Å². The number of benzene rings is 2. The molecule has 0 spiro atoms. The molecule has 0 bridgehead atoms. The highest BCUT2D eigenvalue weighted by atomic mass is 35.5. The van der Waals surface area contributed by atoms with Crippen LogP contribution in [0.25, 0.3) is 0 Å². The zero-order chi connectivity index (χ0) is 24.9. The fourth-order valence-corrected chi connectivity index (χ4v) is 5.07. The SMILES string of the molecule is CC1CN(C(=O)COc2ccc(Cl)cc2CN2CCN(C)CC2)C(C)CN1Cc1ccc(F)cc1. The molecule has 2 heterocycles. The number of rotatable bonds is 7. The third-order valence-electron chi connectivity index (χ3n) is 7.10. The minimum atomic E-state index is -0.224. The van der Waals surface area contributed by atoms with E-state index >= 15 is 0 Å².